The number of carbonyl (C=O) groups excluding carboxylic acids is 6. The van der Waals surface area contributed by atoms with Crippen molar-refractivity contribution in [1.82, 2.24) is 21.3 Å². The number of rotatable bonds is 21. The Morgan fingerprint density at radius 3 is 2.10 bits per heavy atom. The van der Waals surface area contributed by atoms with E-state index in [-0.39, 0.29) is 64.2 Å². The highest BCUT2D eigenvalue weighted by Gasteiger charge is 2.30. The summed E-state index contributed by atoms with van der Waals surface area (Å²) >= 11 is 0. The van der Waals surface area contributed by atoms with Crippen LogP contribution in [0.2, 0.25) is 0 Å². The first-order valence-electron chi connectivity index (χ1n) is 21.9. The highest BCUT2D eigenvalue weighted by molar-refractivity contribution is 5.98. The maximum absolute atomic E-state index is 13.6. The van der Waals surface area contributed by atoms with Crippen LogP contribution >= 0.6 is 0 Å². The van der Waals surface area contributed by atoms with Crippen molar-refractivity contribution in [2.75, 3.05) is 43.5 Å². The van der Waals surface area contributed by atoms with Gasteiger partial charge in [-0.2, -0.15) is 0 Å². The monoisotopic (exact) mass is 917 g/mol. The lowest BCUT2D eigenvalue weighted by Gasteiger charge is -2.25. The Balaban J connectivity index is 0.922. The van der Waals surface area contributed by atoms with E-state index in [1.54, 1.807) is 57.2 Å². The number of primary amides is 1. The molecule has 0 radical (unpaired) electrons. The van der Waals surface area contributed by atoms with Gasteiger partial charge < -0.3 is 50.9 Å². The van der Waals surface area contributed by atoms with Gasteiger partial charge in [0.2, 0.25) is 17.7 Å². The summed E-state index contributed by atoms with van der Waals surface area (Å²) < 4.78 is 21.7. The lowest BCUT2D eigenvalue weighted by atomic mass is 9.98. The van der Waals surface area contributed by atoms with E-state index in [4.69, 9.17) is 24.4 Å². The fraction of sp³-hybridized carbons (Fsp3) is 0.327. The van der Waals surface area contributed by atoms with Crippen LogP contribution in [0.4, 0.5) is 25.8 Å². The van der Waals surface area contributed by atoms with E-state index < -0.39 is 53.6 Å². The summed E-state index contributed by atoms with van der Waals surface area (Å²) in [6.07, 6.45) is -0.974. The molecule has 0 spiro atoms. The molecule has 2 atom stereocenters. The summed E-state index contributed by atoms with van der Waals surface area (Å²) in [5.74, 6) is -2.02. The molecule has 8 N–H and O–H groups in total. The van der Waals surface area contributed by atoms with Crippen LogP contribution in [-0.2, 0) is 35.2 Å². The Morgan fingerprint density at radius 1 is 0.731 bits per heavy atom. The molecular formula is C49H55N7O11. The number of hydrogen-bond donors (Lipinski definition) is 7. The van der Waals surface area contributed by atoms with Gasteiger partial charge in [-0.05, 0) is 83.3 Å². The van der Waals surface area contributed by atoms with Gasteiger partial charge in [-0.3, -0.25) is 19.7 Å². The Hall–Kier alpha value is -7.73. The topological polar surface area (TPSA) is 259 Å². The molecule has 67 heavy (non-hydrogen) atoms. The van der Waals surface area contributed by atoms with Crippen LogP contribution in [0, 0.1) is 12.8 Å². The van der Waals surface area contributed by atoms with Gasteiger partial charge in [-0.1, -0.05) is 74.5 Å². The van der Waals surface area contributed by atoms with Crippen molar-refractivity contribution >= 4 is 58.3 Å². The fourth-order valence-corrected chi connectivity index (χ4v) is 7.59. The third-order valence-corrected chi connectivity index (χ3v) is 11.0. The molecule has 7 amide bonds. The lowest BCUT2D eigenvalue weighted by Crippen LogP contribution is -2.54. The summed E-state index contributed by atoms with van der Waals surface area (Å²) in [6.45, 7) is 5.82. The number of urea groups is 1. The van der Waals surface area contributed by atoms with Gasteiger partial charge >= 0.3 is 23.8 Å². The SMILES string of the molecule is Cc1cc(=O)oc2cc(NC(=O)OCc3ccc(NC(=O)C(CCCNC(N)=O)NC(=O)C(NC(=O)CCOCCNC(=O)OCC4c5ccccc5-c5ccccc54)C(C)C)cc3)ccc12. The van der Waals surface area contributed by atoms with Gasteiger partial charge in [0.1, 0.15) is 30.9 Å². The highest BCUT2D eigenvalue weighted by Crippen LogP contribution is 2.44. The number of benzene rings is 4. The lowest BCUT2D eigenvalue weighted by molar-refractivity contribution is -0.132. The highest BCUT2D eigenvalue weighted by atomic mass is 16.6. The maximum atomic E-state index is 13.6. The number of aryl methyl sites for hydroxylation is 1. The molecule has 0 aliphatic heterocycles. The second kappa shape index (κ2) is 23.5. The number of alkyl carbamates (subject to hydrolysis) is 1. The minimum Gasteiger partial charge on any atom is -0.449 e. The molecule has 0 saturated heterocycles. The standard InChI is InChI=1S/C49H55N7O11/c1-29(2)44(56-42(57)20-23-64-24-22-52-48(62)66-28-39-37-11-6-4-9-35(37)36-10-5-7-12-38(36)39)46(60)55-40(13-8-21-51-47(50)61)45(59)53-32-16-14-31(15-17-32)27-65-49(63)54-33-18-19-34-30(3)25-43(58)67-41(34)26-33/h4-7,9-12,14-19,25-26,29,39-40,44H,8,13,20-24,27-28H2,1-3H3,(H,52,62)(H,53,59)(H,54,63)(H,55,60)(H,56,57)(H3,50,51,61). The average Bonchev–Trinajstić information content (AvgIpc) is 3.62. The van der Waals surface area contributed by atoms with Crippen LogP contribution in [0.5, 0.6) is 0 Å². The van der Waals surface area contributed by atoms with Crippen LogP contribution in [0.1, 0.15) is 61.3 Å². The Kier molecular flexibility index (Phi) is 17.1. The molecule has 6 rings (SSSR count). The summed E-state index contributed by atoms with van der Waals surface area (Å²) in [7, 11) is 0. The number of nitrogens with one attached hydrogen (secondary N) is 6. The van der Waals surface area contributed by atoms with Crippen molar-refractivity contribution in [3.63, 3.8) is 0 Å². The van der Waals surface area contributed by atoms with Crippen molar-refractivity contribution in [2.45, 2.75) is 64.6 Å². The molecular weight excluding hydrogens is 863 g/mol. The zero-order chi connectivity index (χ0) is 47.9. The quantitative estimate of drug-likeness (QED) is 0.0341. The molecule has 18 nitrogen and oxygen atoms in total. The number of fused-ring (bicyclic) bond motifs is 4. The second-order valence-corrected chi connectivity index (χ2v) is 16.2. The first-order valence-corrected chi connectivity index (χ1v) is 21.9. The van der Waals surface area contributed by atoms with E-state index in [2.05, 4.69) is 44.0 Å². The molecule has 0 fully saturated rings. The second-order valence-electron chi connectivity index (χ2n) is 16.2. The van der Waals surface area contributed by atoms with Crippen LogP contribution < -0.4 is 43.3 Å². The van der Waals surface area contributed by atoms with Gasteiger partial charge in [0.25, 0.3) is 0 Å². The van der Waals surface area contributed by atoms with Crippen LogP contribution in [-0.4, -0.2) is 80.9 Å². The maximum Gasteiger partial charge on any atom is 0.411 e. The summed E-state index contributed by atoms with van der Waals surface area (Å²) in [5, 5.41) is 16.7. The number of anilines is 2. The zero-order valence-electron chi connectivity index (χ0n) is 37.5. The Morgan fingerprint density at radius 2 is 1.42 bits per heavy atom. The van der Waals surface area contributed by atoms with E-state index in [1.807, 2.05) is 36.4 Å². The molecule has 1 aliphatic carbocycles. The van der Waals surface area contributed by atoms with Crippen molar-refractivity contribution in [2.24, 2.45) is 11.7 Å². The first-order chi connectivity index (χ1) is 32.2. The van der Waals surface area contributed by atoms with Crippen molar-refractivity contribution in [3.8, 4) is 11.1 Å². The van der Waals surface area contributed by atoms with Crippen LogP contribution in [0.25, 0.3) is 22.1 Å². The summed E-state index contributed by atoms with van der Waals surface area (Å²) in [4.78, 5) is 88.1. The average molecular weight is 918 g/mol. The van der Waals surface area contributed by atoms with Gasteiger partial charge in [-0.15, -0.1) is 0 Å². The molecule has 2 unspecified atom stereocenters. The van der Waals surface area contributed by atoms with Gasteiger partial charge in [0, 0.05) is 54.3 Å². The molecule has 1 heterocycles. The number of nitrogens with two attached hydrogens (primary N) is 1. The van der Waals surface area contributed by atoms with Crippen molar-refractivity contribution < 1.29 is 47.4 Å². The molecule has 1 aliphatic rings. The third-order valence-electron chi connectivity index (χ3n) is 11.0. The minimum atomic E-state index is -1.06. The molecule has 4 aromatic carbocycles. The predicted octanol–water partition coefficient (Wildman–Crippen LogP) is 5.81. The number of ether oxygens (including phenoxy) is 3. The Labute approximate surface area is 386 Å². The third kappa shape index (κ3) is 13.9. The first kappa shape index (κ1) is 48.7. The van der Waals surface area contributed by atoms with E-state index in [0.29, 0.717) is 28.9 Å². The molecule has 5 aromatic rings. The fourth-order valence-electron chi connectivity index (χ4n) is 7.59. The molecule has 352 valence electrons. The van der Waals surface area contributed by atoms with Gasteiger partial charge in [0.05, 0.1) is 13.2 Å². The van der Waals surface area contributed by atoms with Gasteiger partial charge in [0.15, 0.2) is 0 Å². The molecule has 0 bridgehead atoms. The normalized spacial score (nSPS) is 12.5. The zero-order valence-corrected chi connectivity index (χ0v) is 37.5. The van der Waals surface area contributed by atoms with Crippen LogP contribution in [0.3, 0.4) is 0 Å². The molecule has 1 aromatic heterocycles. The van der Waals surface area contributed by atoms with E-state index in [1.165, 1.54) is 12.1 Å². The van der Waals surface area contributed by atoms with Crippen LogP contribution in [0.15, 0.2) is 106 Å². The van der Waals surface area contributed by atoms with Gasteiger partial charge in [-0.25, -0.2) is 19.2 Å². The molecule has 0 saturated carbocycles. The summed E-state index contributed by atoms with van der Waals surface area (Å²) in [6, 6.07) is 26.1. The van der Waals surface area contributed by atoms with Crippen molar-refractivity contribution in [1.29, 1.82) is 0 Å². The van der Waals surface area contributed by atoms with E-state index in [0.717, 1.165) is 33.2 Å². The van der Waals surface area contributed by atoms with E-state index >= 15 is 0 Å². The smallest absolute Gasteiger partial charge is 0.411 e. The Bertz CT molecular complexity index is 2590. The molecule has 18 heteroatoms. The predicted molar refractivity (Wildman–Crippen MR) is 250 cm³/mol. The number of amides is 7. The number of hydrogen-bond acceptors (Lipinski definition) is 11. The number of carbonyl (C=O) groups is 6. The summed E-state index contributed by atoms with van der Waals surface area (Å²) in [5.41, 5.74) is 11.6. The minimum absolute atomic E-state index is 0.0214. The van der Waals surface area contributed by atoms with E-state index in [9.17, 15) is 33.6 Å². The van der Waals surface area contributed by atoms with Crippen molar-refractivity contribution in [3.05, 3.63) is 130 Å². The largest absolute Gasteiger partial charge is 0.449 e.